The van der Waals surface area contributed by atoms with Gasteiger partial charge >= 0.3 is 0 Å². The number of nitrogens with zero attached hydrogens (tertiary/aromatic N) is 3. The molecule has 1 aromatic carbocycles. The number of aliphatic hydroxyl groups excluding tert-OH is 1. The van der Waals surface area contributed by atoms with Gasteiger partial charge < -0.3 is 9.84 Å². The topological polar surface area (TPSA) is 60.2 Å². The standard InChI is InChI=1S/C13H14ClF2N3O2/c1-8(12(15)16)11(20)13(19-7-17-6-18-19)21-10-4-2-9(14)3-5-10/h2-8,11-13,20H,1H3. The van der Waals surface area contributed by atoms with Crippen molar-refractivity contribution in [1.29, 1.82) is 0 Å². The number of aliphatic hydroxyl groups is 1. The molecular weight excluding hydrogens is 304 g/mol. The zero-order chi connectivity index (χ0) is 15.4. The molecule has 114 valence electrons. The molecule has 1 heterocycles. The fourth-order valence-electron chi connectivity index (χ4n) is 1.69. The molecule has 21 heavy (non-hydrogen) atoms. The number of rotatable bonds is 6. The lowest BCUT2D eigenvalue weighted by molar-refractivity contribution is -0.0845. The third-order valence-corrected chi connectivity index (χ3v) is 3.25. The van der Waals surface area contributed by atoms with Gasteiger partial charge in [0.05, 0.1) is 0 Å². The summed E-state index contributed by atoms with van der Waals surface area (Å²) in [5.74, 6) is -0.910. The first-order valence-electron chi connectivity index (χ1n) is 6.21. The second-order valence-electron chi connectivity index (χ2n) is 4.52. The highest BCUT2D eigenvalue weighted by molar-refractivity contribution is 6.30. The monoisotopic (exact) mass is 317 g/mol. The van der Waals surface area contributed by atoms with E-state index in [1.54, 1.807) is 24.3 Å². The Balaban J connectivity index is 2.22. The van der Waals surface area contributed by atoms with E-state index in [-0.39, 0.29) is 0 Å². The highest BCUT2D eigenvalue weighted by atomic mass is 35.5. The van der Waals surface area contributed by atoms with Gasteiger partial charge in [-0.15, -0.1) is 0 Å². The lowest BCUT2D eigenvalue weighted by Crippen LogP contribution is -2.37. The number of halogens is 3. The van der Waals surface area contributed by atoms with Gasteiger partial charge in [-0.1, -0.05) is 18.5 Å². The lowest BCUT2D eigenvalue weighted by Gasteiger charge is -2.27. The van der Waals surface area contributed by atoms with Crippen molar-refractivity contribution in [2.24, 2.45) is 5.92 Å². The van der Waals surface area contributed by atoms with E-state index in [0.717, 1.165) is 0 Å². The number of alkyl halides is 2. The molecule has 0 fully saturated rings. The number of ether oxygens (including phenoxy) is 1. The molecule has 0 saturated carbocycles. The summed E-state index contributed by atoms with van der Waals surface area (Å²) < 4.78 is 32.3. The summed E-state index contributed by atoms with van der Waals surface area (Å²) in [6.45, 7) is 1.24. The van der Waals surface area contributed by atoms with Crippen molar-refractivity contribution in [2.75, 3.05) is 0 Å². The SMILES string of the molecule is CC(C(F)F)C(O)C(Oc1ccc(Cl)cc1)n1cncn1. The molecule has 1 N–H and O–H groups in total. The number of hydrogen-bond donors (Lipinski definition) is 1. The van der Waals surface area contributed by atoms with Crippen molar-refractivity contribution in [1.82, 2.24) is 14.8 Å². The Morgan fingerprint density at radius 1 is 1.29 bits per heavy atom. The maximum atomic E-state index is 12.8. The molecule has 8 heteroatoms. The van der Waals surface area contributed by atoms with Crippen LogP contribution in [0.25, 0.3) is 0 Å². The highest BCUT2D eigenvalue weighted by Crippen LogP contribution is 2.26. The summed E-state index contributed by atoms with van der Waals surface area (Å²) >= 11 is 5.77. The zero-order valence-corrected chi connectivity index (χ0v) is 11.9. The van der Waals surface area contributed by atoms with Crippen LogP contribution in [0, 0.1) is 5.92 Å². The summed E-state index contributed by atoms with van der Waals surface area (Å²) in [5.41, 5.74) is 0. The molecule has 0 amide bonds. The highest BCUT2D eigenvalue weighted by Gasteiger charge is 2.33. The maximum Gasteiger partial charge on any atom is 0.243 e. The average Bonchev–Trinajstić information content (AvgIpc) is 2.99. The van der Waals surface area contributed by atoms with Crippen molar-refractivity contribution < 1.29 is 18.6 Å². The van der Waals surface area contributed by atoms with Crippen molar-refractivity contribution in [3.63, 3.8) is 0 Å². The lowest BCUT2D eigenvalue weighted by atomic mass is 10.0. The molecule has 2 rings (SSSR count). The van der Waals surface area contributed by atoms with E-state index in [2.05, 4.69) is 10.1 Å². The molecule has 3 atom stereocenters. The van der Waals surface area contributed by atoms with Gasteiger partial charge in [-0.2, -0.15) is 5.10 Å². The Labute approximate surface area is 125 Å². The molecule has 0 aliphatic carbocycles. The summed E-state index contributed by atoms with van der Waals surface area (Å²) in [4.78, 5) is 3.74. The number of hydrogen-bond acceptors (Lipinski definition) is 4. The van der Waals surface area contributed by atoms with E-state index in [1.807, 2.05) is 0 Å². The van der Waals surface area contributed by atoms with Crippen LogP contribution in [0.3, 0.4) is 0 Å². The normalized spacial score (nSPS) is 15.7. The van der Waals surface area contributed by atoms with Crippen LogP contribution < -0.4 is 4.74 Å². The van der Waals surface area contributed by atoms with Gasteiger partial charge in [0.1, 0.15) is 24.5 Å². The van der Waals surface area contributed by atoms with Crippen molar-refractivity contribution >= 4 is 11.6 Å². The molecule has 0 bridgehead atoms. The molecule has 0 radical (unpaired) electrons. The van der Waals surface area contributed by atoms with Gasteiger partial charge in [-0.25, -0.2) is 18.4 Å². The Bertz CT molecular complexity index is 551. The van der Waals surface area contributed by atoms with Crippen LogP contribution in [-0.4, -0.2) is 32.4 Å². The molecule has 0 aliphatic heterocycles. The van der Waals surface area contributed by atoms with Crippen LogP contribution in [-0.2, 0) is 0 Å². The molecule has 1 aromatic heterocycles. The van der Waals surface area contributed by atoms with Crippen LogP contribution in [0.1, 0.15) is 13.2 Å². The predicted molar refractivity (Wildman–Crippen MR) is 72.3 cm³/mol. The van der Waals surface area contributed by atoms with Gasteiger partial charge in [0.2, 0.25) is 12.7 Å². The first-order valence-corrected chi connectivity index (χ1v) is 6.59. The Hall–Kier alpha value is -1.73. The molecule has 2 aromatic rings. The second kappa shape index (κ2) is 6.82. The van der Waals surface area contributed by atoms with E-state index < -0.39 is 24.7 Å². The Morgan fingerprint density at radius 2 is 1.95 bits per heavy atom. The van der Waals surface area contributed by atoms with Crippen molar-refractivity contribution in [3.05, 3.63) is 41.9 Å². The molecule has 0 saturated heterocycles. The van der Waals surface area contributed by atoms with E-state index in [4.69, 9.17) is 16.3 Å². The smallest absolute Gasteiger partial charge is 0.243 e. The van der Waals surface area contributed by atoms with E-state index in [0.29, 0.717) is 10.8 Å². The minimum atomic E-state index is -2.68. The molecular formula is C13H14ClF2N3O2. The first kappa shape index (κ1) is 15.7. The van der Waals surface area contributed by atoms with Gasteiger partial charge in [0.15, 0.2) is 0 Å². The third-order valence-electron chi connectivity index (χ3n) is 3.00. The molecule has 5 nitrogen and oxygen atoms in total. The molecule has 3 unspecified atom stereocenters. The van der Waals surface area contributed by atoms with E-state index in [9.17, 15) is 13.9 Å². The van der Waals surface area contributed by atoms with Crippen LogP contribution in [0.4, 0.5) is 8.78 Å². The number of aromatic nitrogens is 3. The average molecular weight is 318 g/mol. The summed E-state index contributed by atoms with van der Waals surface area (Å²) in [7, 11) is 0. The largest absolute Gasteiger partial charge is 0.466 e. The van der Waals surface area contributed by atoms with Gasteiger partial charge in [0, 0.05) is 10.9 Å². The zero-order valence-electron chi connectivity index (χ0n) is 11.1. The maximum absolute atomic E-state index is 12.8. The van der Waals surface area contributed by atoms with Crippen molar-refractivity contribution in [2.45, 2.75) is 25.7 Å². The minimum Gasteiger partial charge on any atom is -0.466 e. The van der Waals surface area contributed by atoms with Crippen molar-refractivity contribution in [3.8, 4) is 5.75 Å². The fraction of sp³-hybridized carbons (Fsp3) is 0.385. The summed E-state index contributed by atoms with van der Waals surface area (Å²) in [6.07, 6.45) is -2.72. The second-order valence-corrected chi connectivity index (χ2v) is 4.96. The van der Waals surface area contributed by atoms with Crippen LogP contribution in [0.5, 0.6) is 5.75 Å². The van der Waals surface area contributed by atoms with E-state index in [1.165, 1.54) is 24.3 Å². The van der Waals surface area contributed by atoms with Crippen LogP contribution >= 0.6 is 11.6 Å². The summed E-state index contributed by atoms with van der Waals surface area (Å²) in [5, 5.41) is 14.5. The van der Waals surface area contributed by atoms with Gasteiger partial charge in [-0.05, 0) is 24.3 Å². The third kappa shape index (κ3) is 3.89. The Morgan fingerprint density at radius 3 is 2.48 bits per heavy atom. The quantitative estimate of drug-likeness (QED) is 0.890. The molecule has 0 spiro atoms. The van der Waals surface area contributed by atoms with Gasteiger partial charge in [-0.3, -0.25) is 0 Å². The van der Waals surface area contributed by atoms with Gasteiger partial charge in [0.25, 0.3) is 0 Å². The Kier molecular flexibility index (Phi) is 5.08. The number of benzene rings is 1. The van der Waals surface area contributed by atoms with Crippen LogP contribution in [0.15, 0.2) is 36.9 Å². The summed E-state index contributed by atoms with van der Waals surface area (Å²) in [6, 6.07) is 6.34. The van der Waals surface area contributed by atoms with E-state index >= 15 is 0 Å². The first-order chi connectivity index (χ1) is 9.99. The minimum absolute atomic E-state index is 0.375. The fourth-order valence-corrected chi connectivity index (χ4v) is 1.82. The predicted octanol–water partition coefficient (Wildman–Crippen LogP) is 2.77. The molecule has 0 aliphatic rings. The van der Waals surface area contributed by atoms with Crippen LogP contribution in [0.2, 0.25) is 5.02 Å².